The molecule has 0 fully saturated rings. The first-order chi connectivity index (χ1) is 8.31. The van der Waals surface area contributed by atoms with Gasteiger partial charge >= 0.3 is 6.18 Å². The fraction of sp³-hybridized carbons (Fsp3) is 0.538. The Labute approximate surface area is 104 Å². The van der Waals surface area contributed by atoms with Crippen molar-refractivity contribution in [3.63, 3.8) is 0 Å². The van der Waals surface area contributed by atoms with Crippen LogP contribution in [0.3, 0.4) is 0 Å². The molecule has 0 aliphatic carbocycles. The molecule has 18 heavy (non-hydrogen) atoms. The molecule has 1 aromatic carbocycles. The summed E-state index contributed by atoms with van der Waals surface area (Å²) in [6, 6.07) is 6.14. The van der Waals surface area contributed by atoms with Crippen LogP contribution in [0.25, 0.3) is 0 Å². The molecular weight excluding hydrogens is 245 g/mol. The first-order valence-corrected chi connectivity index (χ1v) is 5.83. The highest BCUT2D eigenvalue weighted by molar-refractivity contribution is 5.30. The van der Waals surface area contributed by atoms with Crippen molar-refractivity contribution in [1.29, 1.82) is 0 Å². The lowest BCUT2D eigenvalue weighted by molar-refractivity contribution is -0.154. The molecule has 1 aromatic rings. The average Bonchev–Trinajstić information content (AvgIpc) is 2.27. The minimum absolute atomic E-state index is 0.0139. The van der Waals surface area contributed by atoms with Crippen molar-refractivity contribution in [2.24, 2.45) is 0 Å². The van der Waals surface area contributed by atoms with Crippen LogP contribution in [-0.4, -0.2) is 17.4 Å². The molecule has 0 amide bonds. The highest BCUT2D eigenvalue weighted by Gasteiger charge is 2.31. The van der Waals surface area contributed by atoms with E-state index >= 15 is 0 Å². The minimum Gasteiger partial charge on any atom is -0.491 e. The van der Waals surface area contributed by atoms with Crippen LogP contribution < -0.4 is 4.74 Å². The Morgan fingerprint density at radius 2 is 2.00 bits per heavy atom. The van der Waals surface area contributed by atoms with Gasteiger partial charge in [0, 0.05) is 0 Å². The van der Waals surface area contributed by atoms with Gasteiger partial charge in [-0.05, 0) is 31.0 Å². The van der Waals surface area contributed by atoms with Crippen molar-refractivity contribution in [3.8, 4) is 5.75 Å². The quantitative estimate of drug-likeness (QED) is 0.873. The van der Waals surface area contributed by atoms with Gasteiger partial charge < -0.3 is 9.84 Å². The number of alkyl halides is 3. The van der Waals surface area contributed by atoms with E-state index in [1.165, 1.54) is 12.1 Å². The van der Waals surface area contributed by atoms with Gasteiger partial charge in [-0.1, -0.05) is 19.1 Å². The van der Waals surface area contributed by atoms with Gasteiger partial charge in [-0.3, -0.25) is 0 Å². The predicted octanol–water partition coefficient (Wildman–Crippen LogP) is 3.85. The zero-order valence-electron chi connectivity index (χ0n) is 10.4. The maximum Gasteiger partial charge on any atom is 0.391 e. The van der Waals surface area contributed by atoms with E-state index in [-0.39, 0.29) is 11.7 Å². The van der Waals surface area contributed by atoms with E-state index in [0.29, 0.717) is 5.75 Å². The topological polar surface area (TPSA) is 29.5 Å². The molecule has 0 aromatic heterocycles. The van der Waals surface area contributed by atoms with E-state index in [9.17, 15) is 18.3 Å². The largest absolute Gasteiger partial charge is 0.491 e. The van der Waals surface area contributed by atoms with Crippen molar-refractivity contribution in [1.82, 2.24) is 0 Å². The summed E-state index contributed by atoms with van der Waals surface area (Å²) in [4.78, 5) is 0. The lowest BCUT2D eigenvalue weighted by Gasteiger charge is -2.16. The fourth-order valence-electron chi connectivity index (χ4n) is 1.45. The first-order valence-electron chi connectivity index (χ1n) is 5.83. The van der Waals surface area contributed by atoms with Crippen LogP contribution in [-0.2, 0) is 0 Å². The van der Waals surface area contributed by atoms with E-state index in [2.05, 4.69) is 0 Å². The monoisotopic (exact) mass is 262 g/mol. The van der Waals surface area contributed by atoms with Gasteiger partial charge in [0.1, 0.15) is 5.75 Å². The molecule has 0 aliphatic heterocycles. The van der Waals surface area contributed by atoms with E-state index in [0.717, 1.165) is 6.42 Å². The molecule has 0 radical (unpaired) electrons. The minimum atomic E-state index is -4.38. The maximum absolute atomic E-state index is 12.2. The van der Waals surface area contributed by atoms with Crippen molar-refractivity contribution in [2.75, 3.05) is 0 Å². The molecule has 2 nitrogen and oxygen atoms in total. The zero-order chi connectivity index (χ0) is 13.8. The van der Waals surface area contributed by atoms with Crippen LogP contribution in [0.5, 0.6) is 5.75 Å². The number of rotatable bonds is 5. The standard InChI is InChI=1S/C13H17F3O2/c1-3-9(2)18-11-6-4-5-10(7-11)12(17)8-13(14,15)16/h4-7,9,12,17H,3,8H2,1-2H3. The third kappa shape index (κ3) is 4.96. The van der Waals surface area contributed by atoms with Gasteiger partial charge in [0.2, 0.25) is 0 Å². The van der Waals surface area contributed by atoms with Gasteiger partial charge in [0.25, 0.3) is 0 Å². The Balaban J connectivity index is 2.75. The SMILES string of the molecule is CCC(C)Oc1cccc(C(O)CC(F)(F)F)c1. The highest BCUT2D eigenvalue weighted by Crippen LogP contribution is 2.30. The Kier molecular flexibility index (Phi) is 5.02. The average molecular weight is 262 g/mol. The van der Waals surface area contributed by atoms with Crippen molar-refractivity contribution < 1.29 is 23.0 Å². The fourth-order valence-corrected chi connectivity index (χ4v) is 1.45. The Bertz CT molecular complexity index is 377. The molecule has 1 rings (SSSR count). The summed E-state index contributed by atoms with van der Waals surface area (Å²) in [5, 5.41) is 9.50. The molecule has 2 atom stereocenters. The number of benzene rings is 1. The van der Waals surface area contributed by atoms with Crippen molar-refractivity contribution in [3.05, 3.63) is 29.8 Å². The second-order valence-electron chi connectivity index (χ2n) is 4.24. The number of halogens is 3. The Morgan fingerprint density at radius 3 is 2.56 bits per heavy atom. The lowest BCUT2D eigenvalue weighted by Crippen LogP contribution is -2.14. The second-order valence-corrected chi connectivity index (χ2v) is 4.24. The normalized spacial score (nSPS) is 15.2. The molecule has 0 saturated heterocycles. The van der Waals surface area contributed by atoms with E-state index in [1.54, 1.807) is 12.1 Å². The van der Waals surface area contributed by atoms with E-state index in [1.807, 2.05) is 13.8 Å². The summed E-state index contributed by atoms with van der Waals surface area (Å²) in [7, 11) is 0. The number of ether oxygens (including phenoxy) is 1. The van der Waals surface area contributed by atoms with Crippen molar-refractivity contribution >= 4 is 0 Å². The Hall–Kier alpha value is -1.23. The molecule has 102 valence electrons. The summed E-state index contributed by atoms with van der Waals surface area (Å²) in [5.74, 6) is 0.475. The van der Waals surface area contributed by atoms with E-state index in [4.69, 9.17) is 4.74 Å². The number of hydrogen-bond donors (Lipinski definition) is 1. The van der Waals surface area contributed by atoms with Crippen LogP contribution >= 0.6 is 0 Å². The smallest absolute Gasteiger partial charge is 0.391 e. The van der Waals surface area contributed by atoms with Gasteiger partial charge in [0.05, 0.1) is 18.6 Å². The number of hydrogen-bond acceptors (Lipinski definition) is 2. The van der Waals surface area contributed by atoms with Crippen LogP contribution in [0.1, 0.15) is 38.4 Å². The second kappa shape index (κ2) is 6.09. The van der Waals surface area contributed by atoms with E-state index < -0.39 is 18.7 Å². The van der Waals surface area contributed by atoms with Crippen molar-refractivity contribution in [2.45, 2.75) is 45.1 Å². The van der Waals surface area contributed by atoms with Crippen LogP contribution in [0, 0.1) is 0 Å². The Morgan fingerprint density at radius 1 is 1.33 bits per heavy atom. The van der Waals surface area contributed by atoms with Gasteiger partial charge in [-0.25, -0.2) is 0 Å². The van der Waals surface area contributed by atoms with Gasteiger partial charge in [-0.2, -0.15) is 13.2 Å². The maximum atomic E-state index is 12.2. The summed E-state index contributed by atoms with van der Waals surface area (Å²) in [5.41, 5.74) is 0.216. The third-order valence-electron chi connectivity index (χ3n) is 2.58. The molecular formula is C13H17F3O2. The summed E-state index contributed by atoms with van der Waals surface area (Å²) < 4.78 is 42.0. The van der Waals surface area contributed by atoms with Gasteiger partial charge in [0.15, 0.2) is 0 Å². The van der Waals surface area contributed by atoms with Crippen LogP contribution in [0.15, 0.2) is 24.3 Å². The molecule has 5 heteroatoms. The number of aliphatic hydroxyl groups is 1. The number of aliphatic hydroxyl groups excluding tert-OH is 1. The third-order valence-corrected chi connectivity index (χ3v) is 2.58. The molecule has 0 bridgehead atoms. The first kappa shape index (κ1) is 14.8. The van der Waals surface area contributed by atoms with Crippen LogP contribution in [0.4, 0.5) is 13.2 Å². The highest BCUT2D eigenvalue weighted by atomic mass is 19.4. The van der Waals surface area contributed by atoms with Gasteiger partial charge in [-0.15, -0.1) is 0 Å². The molecule has 0 aliphatic rings. The van der Waals surface area contributed by atoms with Crippen LogP contribution in [0.2, 0.25) is 0 Å². The molecule has 1 N–H and O–H groups in total. The summed E-state index contributed by atoms with van der Waals surface area (Å²) in [6.07, 6.45) is -6.40. The zero-order valence-corrected chi connectivity index (χ0v) is 10.4. The lowest BCUT2D eigenvalue weighted by atomic mass is 10.1. The molecule has 0 heterocycles. The summed E-state index contributed by atoms with van der Waals surface area (Å²) >= 11 is 0. The summed E-state index contributed by atoms with van der Waals surface area (Å²) in [6.45, 7) is 3.83. The predicted molar refractivity (Wildman–Crippen MR) is 62.5 cm³/mol. The molecule has 0 saturated carbocycles. The molecule has 0 spiro atoms. The molecule has 2 unspecified atom stereocenters.